The van der Waals surface area contributed by atoms with Crippen LogP contribution in [0.3, 0.4) is 0 Å². The zero-order valence-corrected chi connectivity index (χ0v) is 6.24. The molecule has 0 heterocycles. The van der Waals surface area contributed by atoms with Crippen LogP contribution in [0.25, 0.3) is 0 Å². The van der Waals surface area contributed by atoms with Crippen LogP contribution in [0.4, 0.5) is 0 Å². The van der Waals surface area contributed by atoms with E-state index < -0.39 is 0 Å². The van der Waals surface area contributed by atoms with E-state index in [9.17, 15) is 4.79 Å². The number of hydrogen-bond acceptors (Lipinski definition) is 3. The number of allylic oxidation sites excluding steroid dienone is 4. The molecule has 0 radical (unpaired) electrons. The van der Waals surface area contributed by atoms with Crippen molar-refractivity contribution in [2.24, 2.45) is 5.16 Å². The number of carbonyl (C=O) groups is 1. The third-order valence-corrected chi connectivity index (χ3v) is 1.53. The Morgan fingerprint density at radius 3 is 3.00 bits per heavy atom. The van der Waals surface area contributed by atoms with Gasteiger partial charge in [0.05, 0.1) is 6.21 Å². The van der Waals surface area contributed by atoms with Gasteiger partial charge < -0.3 is 5.21 Å². The fourth-order valence-corrected chi connectivity index (χ4v) is 0.955. The average Bonchev–Trinajstić information content (AvgIpc) is 2.37. The van der Waals surface area contributed by atoms with Gasteiger partial charge in [-0.3, -0.25) is 4.79 Å². The maximum Gasteiger partial charge on any atom is 0.159 e. The Bertz CT molecular complexity index is 261. The van der Waals surface area contributed by atoms with Gasteiger partial charge in [0, 0.05) is 5.57 Å². The molecule has 3 nitrogen and oxygen atoms in total. The van der Waals surface area contributed by atoms with Crippen molar-refractivity contribution >= 4 is 12.0 Å². The number of carbonyl (C=O) groups excluding carboxylic acids is 1. The normalized spacial score (nSPS) is 16.8. The van der Waals surface area contributed by atoms with Crippen molar-refractivity contribution < 1.29 is 10.0 Å². The Balaban J connectivity index is 2.70. The highest BCUT2D eigenvalue weighted by Crippen LogP contribution is 2.16. The number of Topliss-reactive ketones (excluding diaryl/α,β-unsaturated/α-hetero) is 1. The molecule has 0 aliphatic heterocycles. The lowest BCUT2D eigenvalue weighted by atomic mass is 10.2. The summed E-state index contributed by atoms with van der Waals surface area (Å²) in [6, 6.07) is 0. The lowest BCUT2D eigenvalue weighted by Gasteiger charge is -1.86. The predicted molar refractivity (Wildman–Crippen MR) is 41.7 cm³/mol. The second kappa shape index (κ2) is 3.14. The van der Waals surface area contributed by atoms with Crippen molar-refractivity contribution in [3.63, 3.8) is 0 Å². The number of nitrogens with zero attached hydrogens (tertiary/aromatic N) is 1. The second-order valence-corrected chi connectivity index (χ2v) is 2.38. The van der Waals surface area contributed by atoms with Crippen molar-refractivity contribution in [3.05, 3.63) is 23.3 Å². The van der Waals surface area contributed by atoms with Crippen molar-refractivity contribution in [1.29, 1.82) is 0 Å². The molecule has 0 saturated heterocycles. The molecule has 1 rings (SSSR count). The van der Waals surface area contributed by atoms with Gasteiger partial charge >= 0.3 is 0 Å². The molecule has 0 aromatic carbocycles. The Morgan fingerprint density at radius 1 is 1.82 bits per heavy atom. The monoisotopic (exact) mass is 151 g/mol. The molecule has 0 amide bonds. The molecule has 0 aromatic heterocycles. The van der Waals surface area contributed by atoms with Gasteiger partial charge in [-0.25, -0.2) is 0 Å². The zero-order chi connectivity index (χ0) is 8.27. The van der Waals surface area contributed by atoms with Crippen LogP contribution in [0.1, 0.15) is 13.3 Å². The van der Waals surface area contributed by atoms with Gasteiger partial charge in [-0.15, -0.1) is 0 Å². The summed E-state index contributed by atoms with van der Waals surface area (Å²) < 4.78 is 0. The van der Waals surface area contributed by atoms with E-state index in [4.69, 9.17) is 5.21 Å². The first-order chi connectivity index (χ1) is 5.24. The van der Waals surface area contributed by atoms with Crippen molar-refractivity contribution in [3.8, 4) is 0 Å². The van der Waals surface area contributed by atoms with Crippen LogP contribution < -0.4 is 0 Å². The molecule has 0 bridgehead atoms. The molecule has 0 fully saturated rings. The highest BCUT2D eigenvalue weighted by atomic mass is 16.4. The van der Waals surface area contributed by atoms with Crippen LogP contribution in [0, 0.1) is 0 Å². The third kappa shape index (κ3) is 1.77. The van der Waals surface area contributed by atoms with Crippen LogP contribution in [-0.2, 0) is 4.79 Å². The maximum atomic E-state index is 10.8. The Kier molecular flexibility index (Phi) is 2.21. The Morgan fingerprint density at radius 2 is 2.55 bits per heavy atom. The summed E-state index contributed by atoms with van der Waals surface area (Å²) in [4.78, 5) is 10.8. The molecule has 0 unspecified atom stereocenters. The fourth-order valence-electron chi connectivity index (χ4n) is 0.955. The standard InChI is InChI=1S/C8H9NO2/c1-6(10)8-3-2-7(4-8)5-9-11/h3-5,11H,2H2,1H3/b9-5+. The zero-order valence-electron chi connectivity index (χ0n) is 6.24. The van der Waals surface area contributed by atoms with Gasteiger partial charge in [-0.05, 0) is 25.0 Å². The first-order valence-electron chi connectivity index (χ1n) is 3.33. The second-order valence-electron chi connectivity index (χ2n) is 2.38. The lowest BCUT2D eigenvalue weighted by Crippen LogP contribution is -1.89. The minimum Gasteiger partial charge on any atom is -0.411 e. The van der Waals surface area contributed by atoms with Crippen molar-refractivity contribution in [2.75, 3.05) is 0 Å². The minimum absolute atomic E-state index is 0.0475. The summed E-state index contributed by atoms with van der Waals surface area (Å²) >= 11 is 0. The first-order valence-corrected chi connectivity index (χ1v) is 3.33. The van der Waals surface area contributed by atoms with Crippen molar-refractivity contribution in [1.82, 2.24) is 0 Å². The molecule has 11 heavy (non-hydrogen) atoms. The summed E-state index contributed by atoms with van der Waals surface area (Å²) in [5, 5.41) is 11.0. The van der Waals surface area contributed by atoms with E-state index in [1.165, 1.54) is 13.1 Å². The third-order valence-electron chi connectivity index (χ3n) is 1.53. The average molecular weight is 151 g/mol. The van der Waals surface area contributed by atoms with Gasteiger partial charge in [0.2, 0.25) is 0 Å². The smallest absolute Gasteiger partial charge is 0.159 e. The number of rotatable bonds is 2. The maximum absolute atomic E-state index is 10.8. The van der Waals surface area contributed by atoms with Crippen molar-refractivity contribution in [2.45, 2.75) is 13.3 Å². The fraction of sp³-hybridized carbons (Fsp3) is 0.250. The summed E-state index contributed by atoms with van der Waals surface area (Å²) in [7, 11) is 0. The van der Waals surface area contributed by atoms with E-state index in [-0.39, 0.29) is 5.78 Å². The van der Waals surface area contributed by atoms with Gasteiger partial charge in [-0.2, -0.15) is 0 Å². The van der Waals surface area contributed by atoms with E-state index in [2.05, 4.69) is 5.16 Å². The van der Waals surface area contributed by atoms with E-state index in [0.717, 1.165) is 5.57 Å². The summed E-state index contributed by atoms with van der Waals surface area (Å²) in [5.74, 6) is 0.0475. The molecule has 58 valence electrons. The molecular formula is C8H9NO2. The largest absolute Gasteiger partial charge is 0.411 e. The predicted octanol–water partition coefficient (Wildman–Crippen LogP) is 1.29. The molecule has 1 aliphatic rings. The van der Waals surface area contributed by atoms with E-state index in [1.54, 1.807) is 6.08 Å². The molecule has 1 N–H and O–H groups in total. The Labute approximate surface area is 64.7 Å². The highest BCUT2D eigenvalue weighted by molar-refractivity contribution is 5.99. The SMILES string of the molecule is CC(=O)C1=CCC(/C=N/O)=C1. The molecule has 0 aromatic rings. The van der Waals surface area contributed by atoms with E-state index in [1.807, 2.05) is 6.08 Å². The summed E-state index contributed by atoms with van der Waals surface area (Å²) in [6.07, 6.45) is 5.56. The number of oxime groups is 1. The van der Waals surface area contributed by atoms with E-state index >= 15 is 0 Å². The lowest BCUT2D eigenvalue weighted by molar-refractivity contribution is -0.113. The van der Waals surface area contributed by atoms with Gasteiger partial charge in [-0.1, -0.05) is 11.2 Å². The van der Waals surface area contributed by atoms with Crippen LogP contribution >= 0.6 is 0 Å². The molecular weight excluding hydrogens is 142 g/mol. The Hall–Kier alpha value is -1.38. The number of hydrogen-bond donors (Lipinski definition) is 1. The van der Waals surface area contributed by atoms with Crippen LogP contribution in [0.5, 0.6) is 0 Å². The molecule has 1 aliphatic carbocycles. The summed E-state index contributed by atoms with van der Waals surface area (Å²) in [6.45, 7) is 1.52. The van der Waals surface area contributed by atoms with Gasteiger partial charge in [0.25, 0.3) is 0 Å². The molecule has 0 atom stereocenters. The minimum atomic E-state index is 0.0475. The summed E-state index contributed by atoms with van der Waals surface area (Å²) in [5.41, 5.74) is 1.55. The van der Waals surface area contributed by atoms with Gasteiger partial charge in [0.1, 0.15) is 0 Å². The quantitative estimate of drug-likeness (QED) is 0.367. The van der Waals surface area contributed by atoms with Crippen LogP contribution in [0.2, 0.25) is 0 Å². The first kappa shape index (κ1) is 7.72. The van der Waals surface area contributed by atoms with Crippen LogP contribution in [0.15, 0.2) is 28.5 Å². The highest BCUT2D eigenvalue weighted by Gasteiger charge is 2.07. The topological polar surface area (TPSA) is 49.7 Å². The molecule has 0 saturated carbocycles. The van der Waals surface area contributed by atoms with E-state index in [0.29, 0.717) is 12.0 Å². The number of ketones is 1. The van der Waals surface area contributed by atoms with Gasteiger partial charge in [0.15, 0.2) is 5.78 Å². The van der Waals surface area contributed by atoms with Crippen LogP contribution in [-0.4, -0.2) is 17.2 Å². The molecule has 0 spiro atoms. The molecule has 3 heteroatoms.